The Morgan fingerprint density at radius 1 is 1.19 bits per heavy atom. The number of hydrogen-bond donors (Lipinski definition) is 1. The van der Waals surface area contributed by atoms with Gasteiger partial charge in [-0.25, -0.2) is 4.98 Å². The lowest BCUT2D eigenvalue weighted by Crippen LogP contribution is -2.15. The lowest BCUT2D eigenvalue weighted by Gasteiger charge is -2.12. The van der Waals surface area contributed by atoms with Crippen molar-refractivity contribution in [2.75, 3.05) is 6.61 Å². The van der Waals surface area contributed by atoms with E-state index in [1.807, 2.05) is 62.4 Å². The van der Waals surface area contributed by atoms with Gasteiger partial charge in [-0.05, 0) is 50.1 Å². The smallest absolute Gasteiger partial charge is 0.312 e. The molecule has 0 fully saturated rings. The molecule has 6 heteroatoms. The van der Waals surface area contributed by atoms with Crippen LogP contribution in [0, 0.1) is 6.92 Å². The summed E-state index contributed by atoms with van der Waals surface area (Å²) >= 11 is 0. The molecule has 0 aliphatic rings. The molecule has 0 aliphatic heterocycles. The van der Waals surface area contributed by atoms with Crippen LogP contribution in [0.25, 0.3) is 0 Å². The van der Waals surface area contributed by atoms with Crippen molar-refractivity contribution < 1.29 is 19.1 Å². The van der Waals surface area contributed by atoms with E-state index in [4.69, 9.17) is 9.15 Å². The van der Waals surface area contributed by atoms with Gasteiger partial charge in [-0.2, -0.15) is 0 Å². The van der Waals surface area contributed by atoms with Crippen LogP contribution in [0.1, 0.15) is 41.4 Å². The minimum atomic E-state index is -0.885. The highest BCUT2D eigenvalue weighted by Crippen LogP contribution is 2.22. The number of hydrogen-bond acceptors (Lipinski definition) is 5. The first kappa shape index (κ1) is 23.0. The summed E-state index contributed by atoms with van der Waals surface area (Å²) in [5.41, 5.74) is 2.37. The molecule has 0 spiro atoms. The van der Waals surface area contributed by atoms with Crippen LogP contribution in [-0.2, 0) is 24.1 Å². The molecular formula is C26H28N2O4. The van der Waals surface area contributed by atoms with Gasteiger partial charge in [-0.1, -0.05) is 42.5 Å². The Labute approximate surface area is 188 Å². The average molecular weight is 433 g/mol. The second-order valence-electron chi connectivity index (χ2n) is 7.36. The molecule has 0 aliphatic carbocycles. The number of rotatable bonds is 11. The van der Waals surface area contributed by atoms with E-state index in [2.05, 4.69) is 9.97 Å². The number of benzene rings is 1. The maximum Gasteiger partial charge on any atom is 0.312 e. The Morgan fingerprint density at radius 2 is 2.00 bits per heavy atom. The maximum absolute atomic E-state index is 11.7. The second-order valence-corrected chi connectivity index (χ2v) is 7.36. The largest absolute Gasteiger partial charge is 0.493 e. The Bertz CT molecular complexity index is 1050. The van der Waals surface area contributed by atoms with Crippen LogP contribution in [0.5, 0.6) is 5.75 Å². The minimum Gasteiger partial charge on any atom is -0.493 e. The molecule has 1 N–H and O–H groups in total. The summed E-state index contributed by atoms with van der Waals surface area (Å²) in [6, 6.07) is 12.8. The summed E-state index contributed by atoms with van der Waals surface area (Å²) in [6.07, 6.45) is 11.2. The fourth-order valence-corrected chi connectivity index (χ4v) is 3.29. The van der Waals surface area contributed by atoms with Crippen molar-refractivity contribution in [3.63, 3.8) is 0 Å². The summed E-state index contributed by atoms with van der Waals surface area (Å²) in [5.74, 6) is 0.675. The number of carboxylic acid groups (broad SMARTS) is 1. The molecule has 3 aromatic rings. The lowest BCUT2D eigenvalue weighted by molar-refractivity contribution is -0.138. The number of nitrogens with zero attached hydrogens (tertiary/aromatic N) is 2. The van der Waals surface area contributed by atoms with Gasteiger partial charge in [0.25, 0.3) is 0 Å². The van der Waals surface area contributed by atoms with Crippen molar-refractivity contribution in [1.29, 1.82) is 0 Å². The van der Waals surface area contributed by atoms with E-state index in [9.17, 15) is 9.90 Å². The molecule has 1 aromatic carbocycles. The highest BCUT2D eigenvalue weighted by atomic mass is 16.5. The minimum absolute atomic E-state index is 0.371. The third-order valence-electron chi connectivity index (χ3n) is 4.98. The van der Waals surface area contributed by atoms with E-state index in [1.165, 1.54) is 0 Å². The predicted octanol–water partition coefficient (Wildman–Crippen LogP) is 5.09. The van der Waals surface area contributed by atoms with E-state index in [1.54, 1.807) is 24.4 Å². The molecule has 32 heavy (non-hydrogen) atoms. The van der Waals surface area contributed by atoms with Crippen LogP contribution in [0.4, 0.5) is 0 Å². The number of ether oxygens (including phenoxy) is 1. The molecule has 1 atom stereocenters. The van der Waals surface area contributed by atoms with Gasteiger partial charge in [0.15, 0.2) is 5.89 Å². The van der Waals surface area contributed by atoms with Gasteiger partial charge in [0.2, 0.25) is 0 Å². The van der Waals surface area contributed by atoms with E-state index in [0.717, 1.165) is 22.8 Å². The first-order valence-electron chi connectivity index (χ1n) is 10.6. The van der Waals surface area contributed by atoms with Gasteiger partial charge in [-0.3, -0.25) is 9.78 Å². The van der Waals surface area contributed by atoms with Crippen LogP contribution in [0.2, 0.25) is 0 Å². The molecule has 1 unspecified atom stereocenters. The van der Waals surface area contributed by atoms with E-state index >= 15 is 0 Å². The molecule has 2 aromatic heterocycles. The normalized spacial score (nSPS) is 12.4. The van der Waals surface area contributed by atoms with Crippen molar-refractivity contribution in [3.8, 4) is 5.75 Å². The summed E-state index contributed by atoms with van der Waals surface area (Å²) in [7, 11) is 0. The van der Waals surface area contributed by atoms with Gasteiger partial charge < -0.3 is 14.3 Å². The van der Waals surface area contributed by atoms with Crippen LogP contribution >= 0.6 is 0 Å². The highest BCUT2D eigenvalue weighted by molar-refractivity contribution is 5.75. The van der Waals surface area contributed by atoms with Crippen molar-refractivity contribution in [2.24, 2.45) is 0 Å². The van der Waals surface area contributed by atoms with Gasteiger partial charge in [0, 0.05) is 19.0 Å². The predicted molar refractivity (Wildman–Crippen MR) is 123 cm³/mol. The molecule has 166 valence electrons. The number of aromatic nitrogens is 2. The van der Waals surface area contributed by atoms with Gasteiger partial charge in [-0.15, -0.1) is 0 Å². The van der Waals surface area contributed by atoms with Crippen molar-refractivity contribution in [1.82, 2.24) is 9.97 Å². The zero-order chi connectivity index (χ0) is 22.8. The number of carbonyl (C=O) groups is 1. The van der Waals surface area contributed by atoms with Crippen molar-refractivity contribution >= 4 is 5.97 Å². The molecule has 0 saturated heterocycles. The fraction of sp³-hybridized carbons (Fsp3) is 0.269. The maximum atomic E-state index is 11.7. The molecule has 2 heterocycles. The first-order valence-corrected chi connectivity index (χ1v) is 10.6. The molecule has 0 amide bonds. The highest BCUT2D eigenvalue weighted by Gasteiger charge is 2.21. The summed E-state index contributed by atoms with van der Waals surface area (Å²) in [6.45, 7) is 4.36. The van der Waals surface area contributed by atoms with Crippen molar-refractivity contribution in [3.05, 3.63) is 102 Å². The summed E-state index contributed by atoms with van der Waals surface area (Å²) in [5, 5.41) is 9.58. The summed E-state index contributed by atoms with van der Waals surface area (Å²) < 4.78 is 11.6. The van der Waals surface area contributed by atoms with E-state index < -0.39 is 11.9 Å². The monoisotopic (exact) mass is 432 g/mol. The SMILES string of the molecule is C/C=C\C=C/Cc1nc(CCOc2ccc(CC(C(=O)O)c3ccccn3)cc2)c(C)o1. The Kier molecular flexibility index (Phi) is 8.37. The Hall–Kier alpha value is -3.67. The number of carboxylic acids is 1. The number of oxazole rings is 1. The molecular weight excluding hydrogens is 404 g/mol. The molecule has 6 nitrogen and oxygen atoms in total. The van der Waals surface area contributed by atoms with Crippen LogP contribution in [0.3, 0.4) is 0 Å². The van der Waals surface area contributed by atoms with Crippen LogP contribution in [0.15, 0.2) is 77.4 Å². The van der Waals surface area contributed by atoms with Gasteiger partial charge >= 0.3 is 5.97 Å². The molecule has 0 saturated carbocycles. The Balaban J connectivity index is 1.52. The van der Waals surface area contributed by atoms with Crippen LogP contribution in [-0.4, -0.2) is 27.7 Å². The third-order valence-corrected chi connectivity index (χ3v) is 4.98. The average Bonchev–Trinajstić information content (AvgIpc) is 3.15. The van der Waals surface area contributed by atoms with Gasteiger partial charge in [0.05, 0.1) is 18.0 Å². The van der Waals surface area contributed by atoms with Crippen molar-refractivity contribution in [2.45, 2.75) is 39.0 Å². The zero-order valence-corrected chi connectivity index (χ0v) is 18.4. The van der Waals surface area contributed by atoms with Crippen LogP contribution < -0.4 is 4.74 Å². The third kappa shape index (κ3) is 6.67. The molecule has 0 radical (unpaired) electrons. The quantitative estimate of drug-likeness (QED) is 0.425. The topological polar surface area (TPSA) is 85.5 Å². The lowest BCUT2D eigenvalue weighted by atomic mass is 9.96. The first-order chi connectivity index (χ1) is 15.6. The second kappa shape index (κ2) is 11.6. The Morgan fingerprint density at radius 3 is 2.69 bits per heavy atom. The van der Waals surface area contributed by atoms with E-state index in [-0.39, 0.29) is 0 Å². The zero-order valence-electron chi connectivity index (χ0n) is 18.4. The number of allylic oxidation sites excluding steroid dienone is 4. The summed E-state index contributed by atoms with van der Waals surface area (Å²) in [4.78, 5) is 20.4. The number of aryl methyl sites for hydroxylation is 1. The number of pyridine rings is 1. The fourth-order valence-electron chi connectivity index (χ4n) is 3.29. The number of aliphatic carboxylic acids is 1. The van der Waals surface area contributed by atoms with E-state index in [0.29, 0.717) is 37.5 Å². The molecule has 3 rings (SSSR count). The van der Waals surface area contributed by atoms with Gasteiger partial charge in [0.1, 0.15) is 17.4 Å². The molecule has 0 bridgehead atoms. The standard InChI is InChI=1S/C26H28N2O4/c1-3-4-5-6-10-25-28-23(19(2)32-25)15-17-31-21-13-11-20(12-14-21)18-22(26(29)30)24-9-7-8-16-27-24/h3-9,11-14,16,22H,10,15,17-18H2,1-2H3,(H,29,30)/b4-3-,6-5-.